The lowest BCUT2D eigenvalue weighted by Crippen LogP contribution is -2.13. The third-order valence-electron chi connectivity index (χ3n) is 3.80. The van der Waals surface area contributed by atoms with Crippen molar-refractivity contribution >= 4 is 23.2 Å². The van der Waals surface area contributed by atoms with Crippen molar-refractivity contribution in [3.05, 3.63) is 47.0 Å². The summed E-state index contributed by atoms with van der Waals surface area (Å²) < 4.78 is 16.1. The van der Waals surface area contributed by atoms with E-state index in [1.807, 2.05) is 0 Å². The first-order chi connectivity index (χ1) is 12.4. The molecule has 140 valence electrons. The molecule has 2 aromatic rings. The summed E-state index contributed by atoms with van der Waals surface area (Å²) in [5.41, 5.74) is 0.994. The second-order valence-electron chi connectivity index (χ2n) is 6.20. The summed E-state index contributed by atoms with van der Waals surface area (Å²) >= 11 is 6.08. The van der Waals surface area contributed by atoms with Gasteiger partial charge in [-0.25, -0.2) is 0 Å². The fraction of sp³-hybridized carbons (Fsp3) is 0.350. The molecule has 0 heterocycles. The van der Waals surface area contributed by atoms with Crippen LogP contribution in [0.25, 0.3) is 0 Å². The van der Waals surface area contributed by atoms with Gasteiger partial charge in [-0.2, -0.15) is 0 Å². The summed E-state index contributed by atoms with van der Waals surface area (Å²) in [5, 5.41) is 3.22. The molecule has 0 spiro atoms. The molecular formula is C20H24ClNO4. The number of methoxy groups -OCH3 is 2. The number of hydrogen-bond donors (Lipinski definition) is 1. The SMILES string of the molecule is COc1cc(NC(=O)c2ccc(OCCC(C)C)cc2)c(OC)cc1Cl. The first-order valence-corrected chi connectivity index (χ1v) is 8.78. The van der Waals surface area contributed by atoms with E-state index in [-0.39, 0.29) is 5.91 Å². The van der Waals surface area contributed by atoms with Gasteiger partial charge in [-0.15, -0.1) is 0 Å². The number of amides is 1. The third-order valence-corrected chi connectivity index (χ3v) is 4.10. The van der Waals surface area contributed by atoms with Gasteiger partial charge < -0.3 is 19.5 Å². The Hall–Kier alpha value is -2.40. The van der Waals surface area contributed by atoms with E-state index >= 15 is 0 Å². The maximum Gasteiger partial charge on any atom is 0.255 e. The Labute approximate surface area is 159 Å². The number of anilines is 1. The van der Waals surface area contributed by atoms with E-state index in [9.17, 15) is 4.79 Å². The molecule has 0 aromatic heterocycles. The number of rotatable bonds is 8. The highest BCUT2D eigenvalue weighted by molar-refractivity contribution is 6.32. The molecule has 2 aromatic carbocycles. The van der Waals surface area contributed by atoms with Crippen molar-refractivity contribution in [2.75, 3.05) is 26.1 Å². The van der Waals surface area contributed by atoms with Crippen LogP contribution in [0.1, 0.15) is 30.6 Å². The third kappa shape index (κ3) is 5.30. The number of benzene rings is 2. The van der Waals surface area contributed by atoms with Gasteiger partial charge in [0, 0.05) is 17.7 Å². The Morgan fingerprint density at radius 1 is 1.08 bits per heavy atom. The van der Waals surface area contributed by atoms with Crippen molar-refractivity contribution in [1.82, 2.24) is 0 Å². The van der Waals surface area contributed by atoms with Gasteiger partial charge in [-0.3, -0.25) is 4.79 Å². The number of carbonyl (C=O) groups is 1. The van der Waals surface area contributed by atoms with E-state index in [1.54, 1.807) is 36.4 Å². The van der Waals surface area contributed by atoms with Gasteiger partial charge in [0.2, 0.25) is 0 Å². The highest BCUT2D eigenvalue weighted by Crippen LogP contribution is 2.36. The molecule has 6 heteroatoms. The van der Waals surface area contributed by atoms with Gasteiger partial charge in [0.05, 0.1) is 31.5 Å². The molecule has 2 rings (SSSR count). The van der Waals surface area contributed by atoms with Crippen molar-refractivity contribution in [2.45, 2.75) is 20.3 Å². The molecule has 0 unspecified atom stereocenters. The van der Waals surface area contributed by atoms with Crippen LogP contribution in [0.15, 0.2) is 36.4 Å². The van der Waals surface area contributed by atoms with Crippen molar-refractivity contribution in [3.8, 4) is 17.2 Å². The normalized spacial score (nSPS) is 10.5. The smallest absolute Gasteiger partial charge is 0.255 e. The fourth-order valence-corrected chi connectivity index (χ4v) is 2.50. The second-order valence-corrected chi connectivity index (χ2v) is 6.60. The van der Waals surface area contributed by atoms with E-state index in [0.29, 0.717) is 40.3 Å². The van der Waals surface area contributed by atoms with Crippen LogP contribution in [0.3, 0.4) is 0 Å². The maximum absolute atomic E-state index is 12.5. The maximum atomic E-state index is 12.5. The molecular weight excluding hydrogens is 354 g/mol. The van der Waals surface area contributed by atoms with Crippen LogP contribution in [-0.2, 0) is 0 Å². The number of hydrogen-bond acceptors (Lipinski definition) is 4. The van der Waals surface area contributed by atoms with E-state index < -0.39 is 0 Å². The lowest BCUT2D eigenvalue weighted by atomic mass is 10.1. The predicted octanol–water partition coefficient (Wildman–Crippen LogP) is 5.03. The van der Waals surface area contributed by atoms with Crippen LogP contribution in [0, 0.1) is 5.92 Å². The Morgan fingerprint density at radius 2 is 1.73 bits per heavy atom. The van der Waals surface area contributed by atoms with Crippen molar-refractivity contribution < 1.29 is 19.0 Å². The lowest BCUT2D eigenvalue weighted by molar-refractivity contribution is 0.102. The van der Waals surface area contributed by atoms with E-state index in [1.165, 1.54) is 14.2 Å². The molecule has 26 heavy (non-hydrogen) atoms. The fourth-order valence-electron chi connectivity index (χ4n) is 2.27. The van der Waals surface area contributed by atoms with Gasteiger partial charge in [0.15, 0.2) is 0 Å². The number of nitrogens with one attached hydrogen (secondary N) is 1. The number of carbonyl (C=O) groups excluding carboxylic acids is 1. The first kappa shape index (κ1) is 19.9. The van der Waals surface area contributed by atoms with Crippen LogP contribution in [0.2, 0.25) is 5.02 Å². The zero-order valence-electron chi connectivity index (χ0n) is 15.5. The van der Waals surface area contributed by atoms with Crippen molar-refractivity contribution in [1.29, 1.82) is 0 Å². The predicted molar refractivity (Wildman–Crippen MR) is 104 cm³/mol. The molecule has 0 aliphatic rings. The van der Waals surface area contributed by atoms with Crippen LogP contribution < -0.4 is 19.5 Å². The number of ether oxygens (including phenoxy) is 3. The van der Waals surface area contributed by atoms with Crippen LogP contribution in [-0.4, -0.2) is 26.7 Å². The average molecular weight is 378 g/mol. The first-order valence-electron chi connectivity index (χ1n) is 8.40. The molecule has 0 fully saturated rings. The van der Waals surface area contributed by atoms with Gasteiger partial charge in [-0.05, 0) is 36.6 Å². The van der Waals surface area contributed by atoms with Crippen molar-refractivity contribution in [3.63, 3.8) is 0 Å². The second kappa shape index (κ2) is 9.34. The Balaban J connectivity index is 2.08. The molecule has 5 nitrogen and oxygen atoms in total. The largest absolute Gasteiger partial charge is 0.495 e. The van der Waals surface area contributed by atoms with Crippen LogP contribution in [0.4, 0.5) is 5.69 Å². The summed E-state index contributed by atoms with van der Waals surface area (Å²) in [6.45, 7) is 4.96. The summed E-state index contributed by atoms with van der Waals surface area (Å²) in [7, 11) is 3.02. The van der Waals surface area contributed by atoms with Crippen molar-refractivity contribution in [2.24, 2.45) is 5.92 Å². The summed E-state index contributed by atoms with van der Waals surface area (Å²) in [5.74, 6) is 1.98. The van der Waals surface area contributed by atoms with Crippen LogP contribution in [0.5, 0.6) is 17.2 Å². The van der Waals surface area contributed by atoms with E-state index in [4.69, 9.17) is 25.8 Å². The average Bonchev–Trinajstić information content (AvgIpc) is 2.63. The van der Waals surface area contributed by atoms with E-state index in [2.05, 4.69) is 19.2 Å². The van der Waals surface area contributed by atoms with Gasteiger partial charge in [0.1, 0.15) is 17.2 Å². The summed E-state index contributed by atoms with van der Waals surface area (Å²) in [4.78, 5) is 12.5. The van der Waals surface area contributed by atoms with E-state index in [0.717, 1.165) is 12.2 Å². The molecule has 1 amide bonds. The molecule has 0 saturated carbocycles. The monoisotopic (exact) mass is 377 g/mol. The lowest BCUT2D eigenvalue weighted by Gasteiger charge is -2.13. The highest BCUT2D eigenvalue weighted by atomic mass is 35.5. The zero-order valence-corrected chi connectivity index (χ0v) is 16.2. The summed E-state index contributed by atoms with van der Waals surface area (Å²) in [6.07, 6.45) is 0.987. The molecule has 0 aliphatic carbocycles. The minimum atomic E-state index is -0.263. The molecule has 0 aliphatic heterocycles. The minimum absolute atomic E-state index is 0.263. The minimum Gasteiger partial charge on any atom is -0.495 e. The molecule has 0 saturated heterocycles. The van der Waals surface area contributed by atoms with Gasteiger partial charge in [-0.1, -0.05) is 25.4 Å². The quantitative estimate of drug-likeness (QED) is 0.700. The standard InChI is InChI=1S/C20H24ClNO4/c1-13(2)9-10-26-15-7-5-14(6-8-15)20(23)22-17-12-18(24-3)16(21)11-19(17)25-4/h5-8,11-13H,9-10H2,1-4H3,(H,22,23). The Bertz CT molecular complexity index is 744. The number of halogens is 1. The van der Waals surface area contributed by atoms with Gasteiger partial charge in [0.25, 0.3) is 5.91 Å². The Kier molecular flexibility index (Phi) is 7.16. The summed E-state index contributed by atoms with van der Waals surface area (Å²) in [6, 6.07) is 10.2. The molecule has 0 atom stereocenters. The van der Waals surface area contributed by atoms with Gasteiger partial charge >= 0.3 is 0 Å². The topological polar surface area (TPSA) is 56.8 Å². The van der Waals surface area contributed by atoms with Crippen LogP contribution >= 0.6 is 11.6 Å². The highest BCUT2D eigenvalue weighted by Gasteiger charge is 2.14. The zero-order chi connectivity index (χ0) is 19.1. The molecule has 1 N–H and O–H groups in total. The molecule has 0 radical (unpaired) electrons. The Morgan fingerprint density at radius 3 is 2.31 bits per heavy atom. The molecule has 0 bridgehead atoms.